The van der Waals surface area contributed by atoms with Crippen molar-refractivity contribution >= 4 is 45.0 Å². The average Bonchev–Trinajstić information content (AvgIpc) is 3.37. The molecule has 1 aliphatic rings. The minimum Gasteiger partial charge on any atom is -0.347 e. The maximum absolute atomic E-state index is 12.2. The van der Waals surface area contributed by atoms with Crippen LogP contribution in [0.3, 0.4) is 0 Å². The molecule has 2 aromatic carbocycles. The summed E-state index contributed by atoms with van der Waals surface area (Å²) in [6, 6.07) is 15.7. The number of hydrogen-bond donors (Lipinski definition) is 2. The maximum Gasteiger partial charge on any atom is 0.240 e. The molecule has 146 valence electrons. The lowest BCUT2D eigenvalue weighted by Crippen LogP contribution is -2.43. The van der Waals surface area contributed by atoms with Gasteiger partial charge in [-0.3, -0.25) is 9.59 Å². The number of nitrogens with one attached hydrogen (secondary N) is 2. The average molecular weight is 425 g/mol. The van der Waals surface area contributed by atoms with Gasteiger partial charge >= 0.3 is 0 Å². The highest BCUT2D eigenvalue weighted by atomic mass is 35.5. The van der Waals surface area contributed by atoms with E-state index in [0.717, 1.165) is 21.3 Å². The van der Waals surface area contributed by atoms with Crippen LogP contribution in [0.1, 0.15) is 17.8 Å². The summed E-state index contributed by atoms with van der Waals surface area (Å²) in [6.07, 6.45) is 1.37. The SMILES string of the molecule is N#CC1(NC(=O)CNC(=O)Cc2nc3ccc(-c4ccccc4)c(Cl)c3s2)CC1. The number of nitrogens with zero attached hydrogens (tertiary/aromatic N) is 2. The Morgan fingerprint density at radius 1 is 1.17 bits per heavy atom. The zero-order valence-electron chi connectivity index (χ0n) is 15.4. The zero-order valence-corrected chi connectivity index (χ0v) is 16.9. The summed E-state index contributed by atoms with van der Waals surface area (Å²) in [5.74, 6) is -0.669. The molecule has 0 spiro atoms. The van der Waals surface area contributed by atoms with E-state index >= 15 is 0 Å². The Morgan fingerprint density at radius 2 is 1.93 bits per heavy atom. The van der Waals surface area contributed by atoms with Gasteiger partial charge in [-0.15, -0.1) is 11.3 Å². The second kappa shape index (κ2) is 7.82. The lowest BCUT2D eigenvalue weighted by Gasteiger charge is -2.09. The largest absolute Gasteiger partial charge is 0.347 e. The van der Waals surface area contributed by atoms with E-state index in [0.29, 0.717) is 22.9 Å². The maximum atomic E-state index is 12.2. The van der Waals surface area contributed by atoms with Gasteiger partial charge in [-0.2, -0.15) is 5.26 Å². The van der Waals surface area contributed by atoms with Crippen molar-refractivity contribution in [3.05, 3.63) is 52.5 Å². The number of halogens is 1. The number of fused-ring (bicyclic) bond motifs is 1. The van der Waals surface area contributed by atoms with Gasteiger partial charge < -0.3 is 10.6 Å². The van der Waals surface area contributed by atoms with E-state index in [-0.39, 0.29) is 24.8 Å². The molecule has 8 heteroatoms. The van der Waals surface area contributed by atoms with Crippen LogP contribution < -0.4 is 10.6 Å². The van der Waals surface area contributed by atoms with Gasteiger partial charge in [-0.1, -0.05) is 48.0 Å². The van der Waals surface area contributed by atoms with Crippen LogP contribution in [-0.2, 0) is 16.0 Å². The van der Waals surface area contributed by atoms with Gasteiger partial charge in [0.2, 0.25) is 11.8 Å². The van der Waals surface area contributed by atoms with E-state index in [1.165, 1.54) is 11.3 Å². The lowest BCUT2D eigenvalue weighted by molar-refractivity contribution is -0.126. The first kappa shape index (κ1) is 19.4. The number of rotatable bonds is 6. The Balaban J connectivity index is 1.42. The highest BCUT2D eigenvalue weighted by molar-refractivity contribution is 7.19. The van der Waals surface area contributed by atoms with Crippen molar-refractivity contribution in [3.63, 3.8) is 0 Å². The van der Waals surface area contributed by atoms with Crippen molar-refractivity contribution < 1.29 is 9.59 Å². The van der Waals surface area contributed by atoms with Crippen molar-refractivity contribution in [2.24, 2.45) is 0 Å². The highest BCUT2D eigenvalue weighted by Gasteiger charge is 2.44. The minimum absolute atomic E-state index is 0.0625. The van der Waals surface area contributed by atoms with Crippen LogP contribution in [-0.4, -0.2) is 28.9 Å². The molecule has 0 bridgehead atoms. The summed E-state index contributed by atoms with van der Waals surface area (Å²) in [7, 11) is 0. The Bertz CT molecular complexity index is 1130. The summed E-state index contributed by atoms with van der Waals surface area (Å²) in [5.41, 5.74) is 1.94. The van der Waals surface area contributed by atoms with Gasteiger partial charge in [0.05, 0.1) is 34.3 Å². The molecule has 2 amide bonds. The van der Waals surface area contributed by atoms with Crippen molar-refractivity contribution in [3.8, 4) is 17.2 Å². The second-order valence-electron chi connectivity index (χ2n) is 6.94. The molecule has 1 aromatic heterocycles. The number of aromatic nitrogens is 1. The first-order valence-electron chi connectivity index (χ1n) is 9.12. The van der Waals surface area contributed by atoms with Gasteiger partial charge in [0.25, 0.3) is 0 Å². The number of nitriles is 1. The quantitative estimate of drug-likeness (QED) is 0.633. The molecular weight excluding hydrogens is 408 g/mol. The first-order chi connectivity index (χ1) is 14.0. The summed E-state index contributed by atoms with van der Waals surface area (Å²) in [5, 5.41) is 15.4. The number of carbonyl (C=O) groups is 2. The predicted octanol–water partition coefficient (Wildman–Crippen LogP) is 3.45. The molecule has 1 heterocycles. The van der Waals surface area contributed by atoms with E-state index < -0.39 is 5.54 Å². The summed E-state index contributed by atoms with van der Waals surface area (Å²) < 4.78 is 0.832. The monoisotopic (exact) mass is 424 g/mol. The fourth-order valence-electron chi connectivity index (χ4n) is 3.00. The topological polar surface area (TPSA) is 94.9 Å². The lowest BCUT2D eigenvalue weighted by atomic mass is 10.1. The van der Waals surface area contributed by atoms with E-state index in [9.17, 15) is 9.59 Å². The van der Waals surface area contributed by atoms with Crippen LogP contribution in [0, 0.1) is 11.3 Å². The van der Waals surface area contributed by atoms with Gasteiger partial charge in [0.15, 0.2) is 0 Å². The van der Waals surface area contributed by atoms with E-state index in [4.69, 9.17) is 16.9 Å². The van der Waals surface area contributed by atoms with Crippen LogP contribution in [0.4, 0.5) is 0 Å². The number of thiazole rings is 1. The zero-order chi connectivity index (χ0) is 20.4. The second-order valence-corrected chi connectivity index (χ2v) is 8.41. The molecule has 3 aromatic rings. The van der Waals surface area contributed by atoms with Gasteiger partial charge in [-0.25, -0.2) is 4.98 Å². The molecular formula is C21H17ClN4O2S. The molecule has 1 aliphatic carbocycles. The highest BCUT2D eigenvalue weighted by Crippen LogP contribution is 2.37. The van der Waals surface area contributed by atoms with Gasteiger partial charge in [-0.05, 0) is 24.5 Å². The molecule has 1 fully saturated rings. The molecule has 2 N–H and O–H groups in total. The summed E-state index contributed by atoms with van der Waals surface area (Å²) in [6.45, 7) is -0.161. The molecule has 6 nitrogen and oxygen atoms in total. The molecule has 0 aliphatic heterocycles. The standard InChI is InChI=1S/C21H17ClN4O2S/c22-19-14(13-4-2-1-3-5-13)6-7-15-20(19)29-18(25-15)10-16(27)24-11-17(28)26-21(12-23)8-9-21/h1-7H,8-11H2,(H,24,27)(H,26,28). The fraction of sp³-hybridized carbons (Fsp3) is 0.238. The third-order valence-electron chi connectivity index (χ3n) is 4.73. The predicted molar refractivity (Wildman–Crippen MR) is 113 cm³/mol. The third kappa shape index (κ3) is 4.24. The minimum atomic E-state index is -0.734. The number of hydrogen-bond acceptors (Lipinski definition) is 5. The molecule has 1 saturated carbocycles. The Kier molecular flexibility index (Phi) is 5.22. The van der Waals surface area contributed by atoms with Crippen LogP contribution in [0.5, 0.6) is 0 Å². The van der Waals surface area contributed by atoms with Crippen LogP contribution >= 0.6 is 22.9 Å². The normalized spacial score (nSPS) is 14.2. The fourth-order valence-corrected chi connectivity index (χ4v) is 4.39. The Labute approximate surface area is 176 Å². The van der Waals surface area contributed by atoms with Gasteiger partial charge in [0, 0.05) is 5.56 Å². The van der Waals surface area contributed by atoms with Crippen molar-refractivity contribution in [2.45, 2.75) is 24.8 Å². The molecule has 4 rings (SSSR count). The molecule has 29 heavy (non-hydrogen) atoms. The number of carbonyl (C=O) groups excluding carboxylic acids is 2. The summed E-state index contributed by atoms with van der Waals surface area (Å²) in [4.78, 5) is 28.5. The van der Waals surface area contributed by atoms with Gasteiger partial charge in [0.1, 0.15) is 10.5 Å². The third-order valence-corrected chi connectivity index (χ3v) is 6.32. The number of benzene rings is 2. The van der Waals surface area contributed by atoms with Crippen molar-refractivity contribution in [1.29, 1.82) is 5.26 Å². The van der Waals surface area contributed by atoms with Crippen molar-refractivity contribution in [2.75, 3.05) is 6.54 Å². The van der Waals surface area contributed by atoms with E-state index in [1.54, 1.807) is 0 Å². The van der Waals surface area contributed by atoms with E-state index in [1.807, 2.05) is 42.5 Å². The van der Waals surface area contributed by atoms with E-state index in [2.05, 4.69) is 21.7 Å². The first-order valence-corrected chi connectivity index (χ1v) is 10.3. The smallest absolute Gasteiger partial charge is 0.240 e. The molecule has 0 atom stereocenters. The van der Waals surface area contributed by atoms with Crippen LogP contribution in [0.25, 0.3) is 21.3 Å². The molecule has 0 unspecified atom stereocenters. The molecule has 0 radical (unpaired) electrons. The Hall–Kier alpha value is -2.95. The summed E-state index contributed by atoms with van der Waals surface area (Å²) >= 11 is 7.97. The van der Waals surface area contributed by atoms with Crippen LogP contribution in [0.2, 0.25) is 5.02 Å². The Morgan fingerprint density at radius 3 is 2.62 bits per heavy atom. The van der Waals surface area contributed by atoms with Crippen LogP contribution in [0.15, 0.2) is 42.5 Å². The molecule has 0 saturated heterocycles. The van der Waals surface area contributed by atoms with Crippen molar-refractivity contribution in [1.82, 2.24) is 15.6 Å². The number of amides is 2.